The molecule has 0 bridgehead atoms. The van der Waals surface area contributed by atoms with Crippen LogP contribution in [0, 0.1) is 0 Å². The number of rotatable bonds is 6. The molecule has 1 atom stereocenters. The van der Waals surface area contributed by atoms with E-state index in [1.165, 1.54) is 6.07 Å². The lowest BCUT2D eigenvalue weighted by Gasteiger charge is -2.32. The second-order valence-electron chi connectivity index (χ2n) is 6.31. The Kier molecular flexibility index (Phi) is 6.16. The number of benzene rings is 2. The third-order valence-corrected chi connectivity index (χ3v) is 6.75. The van der Waals surface area contributed by atoms with Crippen LogP contribution < -0.4 is 0 Å². The van der Waals surface area contributed by atoms with Crippen LogP contribution in [-0.4, -0.2) is 50.6 Å². The van der Waals surface area contributed by atoms with Gasteiger partial charge in [-0.15, -0.1) is 0 Å². The smallest absolute Gasteiger partial charge is 0.304 e. The SMILES string of the molecule is O=C(O)CCN1CCOC(c2ccc(S(=O)(=O)c3ccccc3Cl)cc2)C1. The van der Waals surface area contributed by atoms with Crippen LogP contribution >= 0.6 is 11.6 Å². The summed E-state index contributed by atoms with van der Waals surface area (Å²) in [5, 5.41) is 9.01. The van der Waals surface area contributed by atoms with Crippen molar-refractivity contribution in [2.45, 2.75) is 22.3 Å². The van der Waals surface area contributed by atoms with Crippen LogP contribution in [0.2, 0.25) is 5.02 Å². The fourth-order valence-corrected chi connectivity index (χ4v) is 4.78. The molecule has 0 amide bonds. The van der Waals surface area contributed by atoms with Crippen molar-refractivity contribution in [2.75, 3.05) is 26.2 Å². The van der Waals surface area contributed by atoms with Gasteiger partial charge in [0.2, 0.25) is 9.84 Å². The maximum Gasteiger partial charge on any atom is 0.304 e. The molecule has 1 aliphatic heterocycles. The van der Waals surface area contributed by atoms with E-state index in [0.29, 0.717) is 26.2 Å². The molecular formula is C19H20ClNO5S. The van der Waals surface area contributed by atoms with E-state index in [1.54, 1.807) is 42.5 Å². The van der Waals surface area contributed by atoms with Crippen molar-refractivity contribution in [3.63, 3.8) is 0 Å². The molecule has 0 radical (unpaired) electrons. The van der Waals surface area contributed by atoms with Crippen molar-refractivity contribution in [2.24, 2.45) is 0 Å². The minimum Gasteiger partial charge on any atom is -0.481 e. The van der Waals surface area contributed by atoms with Crippen molar-refractivity contribution < 1.29 is 23.1 Å². The molecule has 1 heterocycles. The molecule has 1 aliphatic rings. The third-order valence-electron chi connectivity index (χ3n) is 4.48. The summed E-state index contributed by atoms with van der Waals surface area (Å²) in [4.78, 5) is 13.0. The summed E-state index contributed by atoms with van der Waals surface area (Å²) in [5.41, 5.74) is 0.855. The zero-order valence-electron chi connectivity index (χ0n) is 14.5. The number of aliphatic carboxylic acids is 1. The lowest BCUT2D eigenvalue weighted by molar-refractivity contribution is -0.137. The first-order valence-electron chi connectivity index (χ1n) is 8.53. The lowest BCUT2D eigenvalue weighted by Crippen LogP contribution is -2.39. The standard InChI is InChI=1S/C19H20ClNO5S/c20-16-3-1-2-4-18(16)27(24,25)15-7-5-14(6-8-15)17-13-21(11-12-26-17)10-9-19(22)23/h1-8,17H,9-13H2,(H,22,23). The molecule has 1 saturated heterocycles. The van der Waals surface area contributed by atoms with Crippen LogP contribution in [0.4, 0.5) is 0 Å². The maximum absolute atomic E-state index is 12.8. The zero-order valence-corrected chi connectivity index (χ0v) is 16.1. The minimum absolute atomic E-state index is 0.0770. The Bertz CT molecular complexity index is 914. The van der Waals surface area contributed by atoms with E-state index in [-0.39, 0.29) is 27.3 Å². The molecule has 144 valence electrons. The monoisotopic (exact) mass is 409 g/mol. The molecule has 6 nitrogen and oxygen atoms in total. The zero-order chi connectivity index (χ0) is 19.4. The first-order valence-corrected chi connectivity index (χ1v) is 10.4. The topological polar surface area (TPSA) is 83.9 Å². The predicted octanol–water partition coefficient (Wildman–Crippen LogP) is 3.02. The van der Waals surface area contributed by atoms with E-state index in [2.05, 4.69) is 0 Å². The van der Waals surface area contributed by atoms with Gasteiger partial charge in [-0.3, -0.25) is 9.69 Å². The molecule has 0 saturated carbocycles. The second-order valence-corrected chi connectivity index (χ2v) is 8.63. The van der Waals surface area contributed by atoms with Gasteiger partial charge in [0.05, 0.1) is 33.9 Å². The van der Waals surface area contributed by atoms with E-state index in [9.17, 15) is 13.2 Å². The Morgan fingerprint density at radius 3 is 2.56 bits per heavy atom. The molecule has 3 rings (SSSR count). The number of sulfone groups is 1. The van der Waals surface area contributed by atoms with Crippen LogP contribution in [0.3, 0.4) is 0 Å². The van der Waals surface area contributed by atoms with Gasteiger partial charge in [0.25, 0.3) is 0 Å². The highest BCUT2D eigenvalue weighted by atomic mass is 35.5. The van der Waals surface area contributed by atoms with Gasteiger partial charge >= 0.3 is 5.97 Å². The van der Waals surface area contributed by atoms with Gasteiger partial charge in [-0.05, 0) is 29.8 Å². The molecule has 1 fully saturated rings. The second kappa shape index (κ2) is 8.39. The van der Waals surface area contributed by atoms with Crippen LogP contribution in [0.1, 0.15) is 18.1 Å². The largest absolute Gasteiger partial charge is 0.481 e. The Labute approximate surface area is 163 Å². The minimum atomic E-state index is -3.69. The molecular weight excluding hydrogens is 390 g/mol. The average Bonchev–Trinajstić information content (AvgIpc) is 2.67. The average molecular weight is 410 g/mol. The summed E-state index contributed by atoms with van der Waals surface area (Å²) in [5.74, 6) is -0.827. The van der Waals surface area contributed by atoms with Crippen LogP contribution in [-0.2, 0) is 19.4 Å². The highest BCUT2D eigenvalue weighted by Crippen LogP contribution is 2.29. The van der Waals surface area contributed by atoms with Gasteiger partial charge in [-0.2, -0.15) is 0 Å². The van der Waals surface area contributed by atoms with Gasteiger partial charge < -0.3 is 9.84 Å². The Morgan fingerprint density at radius 1 is 1.19 bits per heavy atom. The number of carboxylic acids is 1. The van der Waals surface area contributed by atoms with E-state index in [0.717, 1.165) is 5.56 Å². The number of carbonyl (C=O) groups is 1. The number of ether oxygens (including phenoxy) is 1. The van der Waals surface area contributed by atoms with Gasteiger partial charge in [-0.1, -0.05) is 35.9 Å². The molecule has 0 aliphatic carbocycles. The Hall–Kier alpha value is -1.93. The van der Waals surface area contributed by atoms with Gasteiger partial charge in [0.15, 0.2) is 0 Å². The summed E-state index contributed by atoms with van der Waals surface area (Å²) in [6.07, 6.45) is -0.133. The number of hydrogen-bond acceptors (Lipinski definition) is 5. The van der Waals surface area contributed by atoms with Crippen molar-refractivity contribution in [3.8, 4) is 0 Å². The first kappa shape index (κ1) is 19.8. The fraction of sp³-hybridized carbons (Fsp3) is 0.316. The molecule has 1 unspecified atom stereocenters. The number of halogens is 1. The third kappa shape index (κ3) is 4.68. The lowest BCUT2D eigenvalue weighted by atomic mass is 10.1. The Balaban J connectivity index is 1.75. The van der Waals surface area contributed by atoms with Crippen molar-refractivity contribution in [1.82, 2.24) is 4.90 Å². The van der Waals surface area contributed by atoms with Crippen LogP contribution in [0.5, 0.6) is 0 Å². The maximum atomic E-state index is 12.8. The molecule has 8 heteroatoms. The van der Waals surface area contributed by atoms with Gasteiger partial charge in [-0.25, -0.2) is 8.42 Å². The van der Waals surface area contributed by atoms with Gasteiger partial charge in [0.1, 0.15) is 0 Å². The van der Waals surface area contributed by atoms with Crippen LogP contribution in [0.15, 0.2) is 58.3 Å². The summed E-state index contributed by atoms with van der Waals surface area (Å²) in [7, 11) is -3.69. The molecule has 0 spiro atoms. The van der Waals surface area contributed by atoms with Crippen LogP contribution in [0.25, 0.3) is 0 Å². The van der Waals surface area contributed by atoms with E-state index in [1.807, 2.05) is 4.90 Å². The number of hydrogen-bond donors (Lipinski definition) is 1. The van der Waals surface area contributed by atoms with Crippen molar-refractivity contribution in [3.05, 3.63) is 59.1 Å². The highest BCUT2D eigenvalue weighted by molar-refractivity contribution is 7.91. The molecule has 1 N–H and O–H groups in total. The first-order chi connectivity index (χ1) is 12.9. The molecule has 0 aromatic heterocycles. The van der Waals surface area contributed by atoms with Gasteiger partial charge in [0, 0.05) is 19.6 Å². The fourth-order valence-electron chi connectivity index (χ4n) is 3.01. The number of morpholine rings is 1. The summed E-state index contributed by atoms with van der Waals surface area (Å²) >= 11 is 6.03. The predicted molar refractivity (Wildman–Crippen MR) is 101 cm³/mol. The van der Waals surface area contributed by atoms with E-state index in [4.69, 9.17) is 21.4 Å². The summed E-state index contributed by atoms with van der Waals surface area (Å²) in [6.45, 7) is 2.23. The van der Waals surface area contributed by atoms with Crippen molar-refractivity contribution in [1.29, 1.82) is 0 Å². The van der Waals surface area contributed by atoms with E-state index >= 15 is 0 Å². The molecule has 2 aromatic rings. The normalized spacial score (nSPS) is 18.3. The highest BCUT2D eigenvalue weighted by Gasteiger charge is 2.24. The quantitative estimate of drug-likeness (QED) is 0.789. The summed E-state index contributed by atoms with van der Waals surface area (Å²) in [6, 6.07) is 12.9. The molecule has 2 aromatic carbocycles. The summed E-state index contributed by atoms with van der Waals surface area (Å²) < 4.78 is 31.3. The Morgan fingerprint density at radius 2 is 1.89 bits per heavy atom. The molecule has 27 heavy (non-hydrogen) atoms. The number of nitrogens with zero attached hydrogens (tertiary/aromatic N) is 1. The number of carboxylic acid groups (broad SMARTS) is 1. The van der Waals surface area contributed by atoms with E-state index < -0.39 is 15.8 Å². The van der Waals surface area contributed by atoms with Crippen molar-refractivity contribution >= 4 is 27.4 Å².